The normalized spacial score (nSPS) is 14.9. The van der Waals surface area contributed by atoms with E-state index in [1.54, 1.807) is 34.8 Å². The van der Waals surface area contributed by atoms with Gasteiger partial charge in [0.2, 0.25) is 0 Å². The Kier molecular flexibility index (Phi) is 4.97. The molecule has 0 unspecified atom stereocenters. The first kappa shape index (κ1) is 19.4. The number of nitrogens with zero attached hydrogens (tertiary/aromatic N) is 6. The zero-order valence-corrected chi connectivity index (χ0v) is 17.1. The lowest BCUT2D eigenvalue weighted by atomic mass is 10.0. The number of hydrogen-bond acceptors (Lipinski definition) is 5. The summed E-state index contributed by atoms with van der Waals surface area (Å²) in [5, 5.41) is 13.0. The monoisotopic (exact) mass is 420 g/mol. The average molecular weight is 420 g/mol. The summed E-state index contributed by atoms with van der Waals surface area (Å²) in [6.45, 7) is 1.68. The highest BCUT2D eigenvalue weighted by atomic mass is 19.1. The fraction of sp³-hybridized carbons (Fsp3) is 0.261. The number of halogens is 2. The van der Waals surface area contributed by atoms with E-state index in [9.17, 15) is 8.78 Å². The van der Waals surface area contributed by atoms with E-state index in [0.29, 0.717) is 23.1 Å². The second-order valence-electron chi connectivity index (χ2n) is 7.77. The molecule has 158 valence electrons. The maximum atomic E-state index is 14.3. The summed E-state index contributed by atoms with van der Waals surface area (Å²) in [6, 6.07) is 17.3. The summed E-state index contributed by atoms with van der Waals surface area (Å²) in [7, 11) is 2.02. The Balaban J connectivity index is 1.36. The lowest BCUT2D eigenvalue weighted by molar-refractivity contribution is 0.478. The lowest BCUT2D eigenvalue weighted by Gasteiger charge is -2.38. The van der Waals surface area contributed by atoms with Crippen LogP contribution in [0.3, 0.4) is 0 Å². The third kappa shape index (κ3) is 3.69. The highest BCUT2D eigenvalue weighted by molar-refractivity contribution is 5.60. The number of aromatic nitrogens is 4. The first-order valence-electron chi connectivity index (χ1n) is 10.3. The van der Waals surface area contributed by atoms with Gasteiger partial charge in [-0.15, -0.1) is 15.3 Å². The molecular weight excluding hydrogens is 398 g/mol. The molecule has 31 heavy (non-hydrogen) atoms. The van der Waals surface area contributed by atoms with Crippen LogP contribution < -0.4 is 9.80 Å². The third-order valence-electron chi connectivity index (χ3n) is 5.91. The number of anilines is 2. The van der Waals surface area contributed by atoms with Crippen molar-refractivity contribution in [3.63, 3.8) is 0 Å². The van der Waals surface area contributed by atoms with E-state index in [1.165, 1.54) is 12.1 Å². The average Bonchev–Trinajstić information content (AvgIpc) is 3.22. The first-order valence-corrected chi connectivity index (χ1v) is 10.3. The van der Waals surface area contributed by atoms with Crippen molar-refractivity contribution in [2.45, 2.75) is 18.9 Å². The maximum Gasteiger partial charge on any atom is 0.188 e. The van der Waals surface area contributed by atoms with Gasteiger partial charge in [0.05, 0.1) is 5.56 Å². The van der Waals surface area contributed by atoms with Crippen LogP contribution in [0.2, 0.25) is 0 Å². The predicted octanol–water partition coefficient (Wildman–Crippen LogP) is 4.17. The van der Waals surface area contributed by atoms with Gasteiger partial charge in [-0.25, -0.2) is 8.78 Å². The summed E-state index contributed by atoms with van der Waals surface area (Å²) >= 11 is 0. The van der Waals surface area contributed by atoms with Gasteiger partial charge in [0, 0.05) is 31.9 Å². The van der Waals surface area contributed by atoms with Crippen LogP contribution in [0.1, 0.15) is 12.8 Å². The molecule has 0 aliphatic carbocycles. The van der Waals surface area contributed by atoms with Gasteiger partial charge in [0.15, 0.2) is 11.5 Å². The molecule has 4 aromatic rings. The number of benzene rings is 2. The predicted molar refractivity (Wildman–Crippen MR) is 116 cm³/mol. The molecular formula is C23H22F2N6. The van der Waals surface area contributed by atoms with Gasteiger partial charge in [-0.3, -0.25) is 0 Å². The summed E-state index contributed by atoms with van der Waals surface area (Å²) in [4.78, 5) is 4.35. The van der Waals surface area contributed by atoms with Crippen molar-refractivity contribution in [3.8, 4) is 11.4 Å². The zero-order chi connectivity index (χ0) is 21.4. The van der Waals surface area contributed by atoms with Crippen molar-refractivity contribution in [1.82, 2.24) is 19.8 Å². The van der Waals surface area contributed by atoms with E-state index < -0.39 is 0 Å². The van der Waals surface area contributed by atoms with E-state index in [2.05, 4.69) is 20.0 Å². The molecule has 1 aliphatic heterocycles. The van der Waals surface area contributed by atoms with Crippen LogP contribution in [0.4, 0.5) is 20.3 Å². The molecule has 1 saturated heterocycles. The fourth-order valence-corrected chi connectivity index (χ4v) is 4.15. The van der Waals surface area contributed by atoms with Crippen LogP contribution in [0.25, 0.3) is 17.0 Å². The summed E-state index contributed by atoms with van der Waals surface area (Å²) in [5.41, 5.74) is 1.85. The molecule has 0 N–H and O–H groups in total. The van der Waals surface area contributed by atoms with Crippen molar-refractivity contribution >= 4 is 17.2 Å². The Morgan fingerprint density at radius 1 is 0.935 bits per heavy atom. The topological polar surface area (TPSA) is 49.6 Å². The fourth-order valence-electron chi connectivity index (χ4n) is 4.15. The minimum Gasteiger partial charge on any atom is -0.371 e. The Morgan fingerprint density at radius 3 is 2.52 bits per heavy atom. The summed E-state index contributed by atoms with van der Waals surface area (Å²) < 4.78 is 29.4. The summed E-state index contributed by atoms with van der Waals surface area (Å²) in [5.74, 6) is 0.578. The summed E-state index contributed by atoms with van der Waals surface area (Å²) in [6.07, 6.45) is 1.85. The van der Waals surface area contributed by atoms with Crippen molar-refractivity contribution in [2.75, 3.05) is 29.9 Å². The molecule has 1 aliphatic rings. The number of fused-ring (bicyclic) bond motifs is 1. The highest BCUT2D eigenvalue weighted by Gasteiger charge is 2.24. The molecule has 5 rings (SSSR count). The first-order chi connectivity index (χ1) is 15.1. The SMILES string of the molecule is CN(c1ccc2nnc(-c3ccccc3F)n2n1)C1CCN(c2cccc(F)c2)CC1. The third-order valence-corrected chi connectivity index (χ3v) is 5.91. The number of piperidine rings is 1. The number of hydrogen-bond donors (Lipinski definition) is 0. The van der Waals surface area contributed by atoms with Crippen LogP contribution in [0.15, 0.2) is 60.7 Å². The van der Waals surface area contributed by atoms with Crippen LogP contribution in [0, 0.1) is 11.6 Å². The molecule has 8 heteroatoms. The Morgan fingerprint density at radius 2 is 1.74 bits per heavy atom. The van der Waals surface area contributed by atoms with Crippen molar-refractivity contribution in [3.05, 3.63) is 72.3 Å². The Labute approximate surface area is 178 Å². The van der Waals surface area contributed by atoms with E-state index in [-0.39, 0.29) is 11.6 Å². The molecule has 2 aromatic heterocycles. The molecule has 3 heterocycles. The van der Waals surface area contributed by atoms with Gasteiger partial charge in [0.1, 0.15) is 17.5 Å². The van der Waals surface area contributed by atoms with Crippen molar-refractivity contribution < 1.29 is 8.78 Å². The van der Waals surface area contributed by atoms with E-state index in [4.69, 9.17) is 5.10 Å². The molecule has 0 saturated carbocycles. The largest absolute Gasteiger partial charge is 0.371 e. The van der Waals surface area contributed by atoms with Crippen LogP contribution in [-0.2, 0) is 0 Å². The van der Waals surface area contributed by atoms with Gasteiger partial charge < -0.3 is 9.80 Å². The molecule has 6 nitrogen and oxygen atoms in total. The van der Waals surface area contributed by atoms with E-state index in [1.807, 2.05) is 25.2 Å². The van der Waals surface area contributed by atoms with Gasteiger partial charge in [-0.1, -0.05) is 18.2 Å². The van der Waals surface area contributed by atoms with E-state index >= 15 is 0 Å². The highest BCUT2D eigenvalue weighted by Crippen LogP contribution is 2.26. The molecule has 0 spiro atoms. The standard InChI is InChI=1S/C23H22F2N6/c1-29(17-11-13-30(14-12-17)18-6-4-5-16(24)15-18)22-10-9-21-26-27-23(31(21)28-22)19-7-2-3-8-20(19)25/h2-10,15,17H,11-14H2,1H3. The maximum absolute atomic E-state index is 14.3. The van der Waals surface area contributed by atoms with Gasteiger partial charge in [-0.05, 0) is 55.3 Å². The molecule has 0 radical (unpaired) electrons. The quantitative estimate of drug-likeness (QED) is 0.496. The molecule has 0 atom stereocenters. The van der Waals surface area contributed by atoms with Gasteiger partial charge in [0.25, 0.3) is 0 Å². The Bertz CT molecular complexity index is 1220. The smallest absolute Gasteiger partial charge is 0.188 e. The van der Waals surface area contributed by atoms with Crippen LogP contribution in [-0.4, -0.2) is 46.0 Å². The molecule has 0 bridgehead atoms. The molecule has 1 fully saturated rings. The minimum atomic E-state index is -0.359. The zero-order valence-electron chi connectivity index (χ0n) is 17.1. The molecule has 0 amide bonds. The van der Waals surface area contributed by atoms with Crippen molar-refractivity contribution in [2.24, 2.45) is 0 Å². The van der Waals surface area contributed by atoms with Crippen molar-refractivity contribution in [1.29, 1.82) is 0 Å². The minimum absolute atomic E-state index is 0.214. The Hall–Kier alpha value is -3.55. The van der Waals surface area contributed by atoms with Gasteiger partial charge >= 0.3 is 0 Å². The second kappa shape index (κ2) is 7.94. The number of rotatable bonds is 4. The van der Waals surface area contributed by atoms with Gasteiger partial charge in [-0.2, -0.15) is 4.52 Å². The lowest BCUT2D eigenvalue weighted by Crippen LogP contribution is -2.44. The van der Waals surface area contributed by atoms with E-state index in [0.717, 1.165) is 37.4 Å². The second-order valence-corrected chi connectivity index (χ2v) is 7.77. The van der Waals surface area contributed by atoms with Crippen LogP contribution in [0.5, 0.6) is 0 Å². The molecule has 2 aromatic carbocycles. The van der Waals surface area contributed by atoms with Crippen LogP contribution >= 0.6 is 0 Å².